The Morgan fingerprint density at radius 2 is 1.28 bits per heavy atom. The van der Waals surface area contributed by atoms with E-state index in [0.29, 0.717) is 12.9 Å². The van der Waals surface area contributed by atoms with Crippen LogP contribution < -0.4 is 0 Å². The first-order valence-corrected chi connectivity index (χ1v) is 3.96. The summed E-state index contributed by atoms with van der Waals surface area (Å²) in [7, 11) is 0. The van der Waals surface area contributed by atoms with Gasteiger partial charge in [-0.2, -0.15) is 0 Å². The molecule has 1 aliphatic carbocycles. The van der Waals surface area contributed by atoms with Crippen LogP contribution in [-0.2, 0) is 40.0 Å². The van der Waals surface area contributed by atoms with E-state index in [-0.39, 0.29) is 0 Å². The van der Waals surface area contributed by atoms with Gasteiger partial charge in [0.25, 0.3) is 20.4 Å². The maximum atomic E-state index is 8.24. The van der Waals surface area contributed by atoms with Gasteiger partial charge in [-0.1, -0.05) is 12.9 Å². The van der Waals surface area contributed by atoms with Gasteiger partial charge in [0.2, 0.25) is 0 Å². The van der Waals surface area contributed by atoms with E-state index in [1.807, 2.05) is 6.08 Å². The van der Waals surface area contributed by atoms with Gasteiger partial charge in [0.1, 0.15) is 0 Å². The molecule has 0 aromatic heterocycles. The first kappa shape index (κ1) is 29.7. The molecule has 0 unspecified atom stereocenters. The molecule has 7 nitrogen and oxygen atoms in total. The molecule has 2 N–H and O–H groups in total. The van der Waals surface area contributed by atoms with Crippen LogP contribution in [0.4, 0.5) is 0 Å². The second kappa shape index (κ2) is 60.2. The molecule has 0 aliphatic heterocycles. The van der Waals surface area contributed by atoms with E-state index in [1.165, 1.54) is 4.47 Å². The Morgan fingerprint density at radius 3 is 1.33 bits per heavy atom. The van der Waals surface area contributed by atoms with Gasteiger partial charge in [-0.15, -0.1) is 0 Å². The van der Waals surface area contributed by atoms with Gasteiger partial charge in [0.05, 0.1) is 0 Å². The van der Waals surface area contributed by atoms with Crippen molar-refractivity contribution in [3.8, 4) is 0 Å². The fraction of sp³-hybridized carbons (Fsp3) is 0.100. The molecular weight excluding hydrogens is 287 g/mol. The minimum atomic E-state index is 0.500. The zero-order valence-electron chi connectivity index (χ0n) is 8.75. The van der Waals surface area contributed by atoms with E-state index >= 15 is 0 Å². The van der Waals surface area contributed by atoms with Gasteiger partial charge in [-0.05, 0) is 0 Å². The summed E-state index contributed by atoms with van der Waals surface area (Å²) >= 11 is 3.34. The van der Waals surface area contributed by atoms with Crippen molar-refractivity contribution in [3.05, 3.63) is 22.7 Å². The van der Waals surface area contributed by atoms with Crippen LogP contribution in [0.2, 0.25) is 0 Å². The van der Waals surface area contributed by atoms with Crippen molar-refractivity contribution in [2.75, 3.05) is 0 Å². The van der Waals surface area contributed by atoms with E-state index in [9.17, 15) is 0 Å². The molecule has 0 aromatic carbocycles. The fourth-order valence-electron chi connectivity index (χ4n) is 0.421. The average Bonchev–Trinajstić information content (AvgIpc) is 2.90. The third kappa shape index (κ3) is 95.5. The summed E-state index contributed by atoms with van der Waals surface area (Å²) in [6.45, 7) is 14.5. The van der Waals surface area contributed by atoms with E-state index < -0.39 is 0 Å². The van der Waals surface area contributed by atoms with Crippen LogP contribution in [-0.4, -0.2) is 43.5 Å². The van der Waals surface area contributed by atoms with Crippen molar-refractivity contribution in [3.63, 3.8) is 0 Å². The summed E-state index contributed by atoms with van der Waals surface area (Å²) in [5.41, 5.74) is 0. The molecule has 0 bridgehead atoms. The molecule has 0 saturated carbocycles. The van der Waals surface area contributed by atoms with Gasteiger partial charge >= 0.3 is 45.1 Å². The normalized spacial score (nSPS) is 8.11. The second-order valence-corrected chi connectivity index (χ2v) is 2.19. The Kier molecular flexibility index (Phi) is 99.5. The molecular formula is C10H7MnO7. The Hall–Kier alpha value is -2.05. The van der Waals surface area contributed by atoms with Crippen molar-refractivity contribution in [2.24, 2.45) is 0 Å². The Labute approximate surface area is 113 Å². The summed E-state index contributed by atoms with van der Waals surface area (Å²) < 4.78 is 1.28. The molecule has 0 fully saturated rings. The van der Waals surface area contributed by atoms with Gasteiger partial charge in [0, 0.05) is 0 Å². The monoisotopic (exact) mass is 294 g/mol. The molecule has 1 rings (SSSR count). The third-order valence-corrected chi connectivity index (χ3v) is 1.16. The van der Waals surface area contributed by atoms with Crippen molar-refractivity contribution in [1.82, 2.24) is 0 Å². The molecule has 0 amide bonds. The molecule has 18 heavy (non-hydrogen) atoms. The zero-order valence-corrected chi connectivity index (χ0v) is 9.93. The molecule has 0 spiro atoms. The number of rotatable bonds is 0. The summed E-state index contributed by atoms with van der Waals surface area (Å²) in [5.74, 6) is 0. The maximum absolute atomic E-state index is 8.24. The van der Waals surface area contributed by atoms with Crippen LogP contribution >= 0.6 is 0 Å². The van der Waals surface area contributed by atoms with Crippen molar-refractivity contribution in [2.45, 2.75) is 6.42 Å². The van der Waals surface area contributed by atoms with Crippen LogP contribution in [0.3, 0.4) is 0 Å². The Morgan fingerprint density at radius 1 is 1.00 bits per heavy atom. The van der Waals surface area contributed by atoms with E-state index in [2.05, 4.69) is 48.5 Å². The third-order valence-electron chi connectivity index (χ3n) is 0.726. The van der Waals surface area contributed by atoms with Crippen LogP contribution in [0.25, 0.3) is 0 Å². The van der Waals surface area contributed by atoms with Crippen LogP contribution in [0.1, 0.15) is 6.42 Å². The topological polar surface area (TPSA) is 126 Å². The van der Waals surface area contributed by atoms with Crippen LogP contribution in [0.15, 0.2) is 22.7 Å². The second-order valence-electron chi connectivity index (χ2n) is 1.43. The van der Waals surface area contributed by atoms with Gasteiger partial charge < -0.3 is 19.8 Å². The van der Waals surface area contributed by atoms with Gasteiger partial charge in [-0.25, -0.2) is 0 Å². The predicted octanol–water partition coefficient (Wildman–Crippen LogP) is -0.591. The SMILES string of the molecule is O=[C-]O.O=[C-]O.[C]=O.[C]=O.[C]=O.[Mn+2][C]1=CC=CC1. The predicted molar refractivity (Wildman–Crippen MR) is 55.6 cm³/mol. The van der Waals surface area contributed by atoms with Crippen LogP contribution in [0, 0.1) is 0 Å². The summed E-state index contributed by atoms with van der Waals surface area (Å²) in [6, 6.07) is 0. The number of carbonyl (C=O) groups excluding carboxylic acids is 3. The number of allylic oxidation sites excluding steroid dienone is 4. The summed E-state index contributed by atoms with van der Waals surface area (Å²) in [6.07, 6.45) is 7.30. The number of aliphatic hydroxyl groups excluding tert-OH is 2. The van der Waals surface area contributed by atoms with E-state index in [1.54, 1.807) is 0 Å². The van der Waals surface area contributed by atoms with Gasteiger partial charge in [0.15, 0.2) is 0 Å². The van der Waals surface area contributed by atoms with Crippen LogP contribution in [0.5, 0.6) is 0 Å². The molecule has 0 saturated heterocycles. The van der Waals surface area contributed by atoms with Crippen molar-refractivity contribution in [1.29, 1.82) is 0 Å². The van der Waals surface area contributed by atoms with Crippen molar-refractivity contribution < 1.29 is 50.2 Å². The first-order chi connectivity index (χ1) is 8.72. The van der Waals surface area contributed by atoms with E-state index in [0.717, 1.165) is 6.42 Å². The first-order valence-electron chi connectivity index (χ1n) is 3.37. The molecule has 0 heterocycles. The molecule has 96 valence electrons. The summed E-state index contributed by atoms with van der Waals surface area (Å²) in [4.78, 5) is 39.0. The molecule has 6 radical (unpaired) electrons. The van der Waals surface area contributed by atoms with E-state index in [4.69, 9.17) is 34.2 Å². The average molecular weight is 294 g/mol. The Bertz CT molecular complexity index is 206. The fourth-order valence-corrected chi connectivity index (χ4v) is 0.674. The van der Waals surface area contributed by atoms with Gasteiger partial charge in [-0.3, -0.25) is 14.4 Å². The number of hydrogen-bond donors (Lipinski definition) is 2. The standard InChI is InChI=1S/C5H5.2CHO2.3CO.Mn/c1-2-4-5-3-1;2*2-1-3;3*1-2;/h1-3H,4H2;2*(H,2,3);;;;/q;2*-1;;;;+2. The summed E-state index contributed by atoms with van der Waals surface area (Å²) in [5, 5.41) is 13.5. The Balaban J connectivity index is -0.0000000413. The molecule has 1 aliphatic rings. The number of hydrogen-bond acceptors (Lipinski definition) is 5. The molecule has 0 aromatic rings. The molecule has 0 atom stereocenters. The quantitative estimate of drug-likeness (QED) is 0.451. The minimum absolute atomic E-state index is 0.500. The van der Waals surface area contributed by atoms with Crippen molar-refractivity contribution >= 4 is 33.3 Å². The molecule has 8 heteroatoms. The zero-order chi connectivity index (χ0) is 15.8.